The third-order valence-electron chi connectivity index (χ3n) is 1.81. The van der Waals surface area contributed by atoms with Crippen molar-refractivity contribution in [3.63, 3.8) is 0 Å². The van der Waals surface area contributed by atoms with Crippen molar-refractivity contribution in [3.8, 4) is 0 Å². The van der Waals surface area contributed by atoms with Gasteiger partial charge in [0.25, 0.3) is 0 Å². The van der Waals surface area contributed by atoms with Crippen molar-refractivity contribution in [2.45, 2.75) is 6.92 Å². The fourth-order valence-electron chi connectivity index (χ4n) is 1.11. The van der Waals surface area contributed by atoms with E-state index in [0.29, 0.717) is 10.7 Å². The highest BCUT2D eigenvalue weighted by molar-refractivity contribution is 6.30. The number of halogens is 1. The van der Waals surface area contributed by atoms with E-state index in [1.165, 1.54) is 0 Å². The Kier molecular flexibility index (Phi) is 4.72. The first-order valence-electron chi connectivity index (χ1n) is 4.69. The Bertz CT molecular complexity index is 367. The van der Waals surface area contributed by atoms with Crippen LogP contribution in [0.4, 0.5) is 5.69 Å². The van der Waals surface area contributed by atoms with Gasteiger partial charge in [-0.05, 0) is 31.2 Å². The second kappa shape index (κ2) is 6.07. The van der Waals surface area contributed by atoms with Crippen LogP contribution in [-0.4, -0.2) is 19.1 Å². The monoisotopic (exact) mass is 242 g/mol. The van der Waals surface area contributed by atoms with Crippen LogP contribution in [0.3, 0.4) is 0 Å². The van der Waals surface area contributed by atoms with Crippen LogP contribution in [0.15, 0.2) is 29.6 Å². The van der Waals surface area contributed by atoms with Gasteiger partial charge in [0.1, 0.15) is 6.54 Å². The SMILES string of the molecule is CCOC(=O)CN(N=O)c1ccc(Cl)cc1. The first kappa shape index (κ1) is 12.4. The average Bonchev–Trinajstić information content (AvgIpc) is 2.27. The lowest BCUT2D eigenvalue weighted by molar-refractivity contribution is -0.141. The number of esters is 1. The Balaban J connectivity index is 2.71. The van der Waals surface area contributed by atoms with E-state index in [1.54, 1.807) is 31.2 Å². The van der Waals surface area contributed by atoms with Crippen LogP contribution in [0.1, 0.15) is 6.92 Å². The molecule has 0 saturated heterocycles. The predicted molar refractivity (Wildman–Crippen MR) is 61.2 cm³/mol. The summed E-state index contributed by atoms with van der Waals surface area (Å²) in [5.41, 5.74) is 0.493. The minimum atomic E-state index is -0.503. The highest BCUT2D eigenvalue weighted by atomic mass is 35.5. The Labute approximate surface area is 97.9 Å². The summed E-state index contributed by atoms with van der Waals surface area (Å²) >= 11 is 5.70. The molecule has 0 aromatic heterocycles. The zero-order chi connectivity index (χ0) is 12.0. The van der Waals surface area contributed by atoms with Crippen LogP contribution in [0.5, 0.6) is 0 Å². The van der Waals surface area contributed by atoms with E-state index < -0.39 is 5.97 Å². The second-order valence-electron chi connectivity index (χ2n) is 2.92. The Hall–Kier alpha value is -1.62. The van der Waals surface area contributed by atoms with Crippen LogP contribution in [0, 0.1) is 4.91 Å². The first-order valence-corrected chi connectivity index (χ1v) is 5.07. The molecule has 0 N–H and O–H groups in total. The third kappa shape index (κ3) is 3.51. The normalized spacial score (nSPS) is 9.62. The summed E-state index contributed by atoms with van der Waals surface area (Å²) < 4.78 is 4.71. The van der Waals surface area contributed by atoms with Gasteiger partial charge in [0.15, 0.2) is 0 Å². The minimum Gasteiger partial charge on any atom is -0.465 e. The molecule has 0 aliphatic heterocycles. The molecule has 0 radical (unpaired) electrons. The number of carbonyl (C=O) groups excluding carboxylic acids is 1. The van der Waals surface area contributed by atoms with Crippen LogP contribution >= 0.6 is 11.6 Å². The number of rotatable bonds is 5. The van der Waals surface area contributed by atoms with Gasteiger partial charge in [0.05, 0.1) is 17.6 Å². The van der Waals surface area contributed by atoms with Gasteiger partial charge in [-0.15, -0.1) is 4.91 Å². The molecule has 0 fully saturated rings. The summed E-state index contributed by atoms with van der Waals surface area (Å²) in [6.45, 7) is 1.75. The van der Waals surface area contributed by atoms with E-state index in [2.05, 4.69) is 5.29 Å². The summed E-state index contributed by atoms with van der Waals surface area (Å²) in [7, 11) is 0. The maximum Gasteiger partial charge on any atom is 0.327 e. The molecule has 0 unspecified atom stereocenters. The maximum absolute atomic E-state index is 11.2. The summed E-state index contributed by atoms with van der Waals surface area (Å²) in [5.74, 6) is -0.503. The maximum atomic E-state index is 11.2. The van der Waals surface area contributed by atoms with E-state index in [9.17, 15) is 9.70 Å². The topological polar surface area (TPSA) is 59.0 Å². The van der Waals surface area contributed by atoms with Crippen LogP contribution in [-0.2, 0) is 9.53 Å². The third-order valence-corrected chi connectivity index (χ3v) is 2.06. The Morgan fingerprint density at radius 1 is 1.44 bits per heavy atom. The zero-order valence-electron chi connectivity index (χ0n) is 8.72. The molecule has 1 rings (SSSR count). The average molecular weight is 243 g/mol. The number of ether oxygens (including phenoxy) is 1. The molecule has 0 heterocycles. The molecule has 0 aliphatic carbocycles. The summed E-state index contributed by atoms with van der Waals surface area (Å²) in [6.07, 6.45) is 0. The molecule has 0 amide bonds. The molecule has 6 heteroatoms. The molecule has 0 atom stereocenters. The van der Waals surface area contributed by atoms with Crippen molar-refractivity contribution in [1.29, 1.82) is 0 Å². The number of anilines is 1. The molecule has 0 aliphatic rings. The minimum absolute atomic E-state index is 0.209. The van der Waals surface area contributed by atoms with Gasteiger partial charge in [-0.25, -0.2) is 5.01 Å². The van der Waals surface area contributed by atoms with E-state index in [1.807, 2.05) is 0 Å². The Morgan fingerprint density at radius 3 is 2.56 bits per heavy atom. The number of benzene rings is 1. The standard InChI is InChI=1S/C10H11ClN2O3/c1-2-16-10(14)7-13(12-15)9-5-3-8(11)4-6-9/h3-6H,2,7H2,1H3. The van der Waals surface area contributed by atoms with Crippen LogP contribution < -0.4 is 5.01 Å². The Morgan fingerprint density at radius 2 is 2.06 bits per heavy atom. The van der Waals surface area contributed by atoms with Crippen molar-refractivity contribution in [2.24, 2.45) is 5.29 Å². The summed E-state index contributed by atoms with van der Waals surface area (Å²) in [4.78, 5) is 21.7. The molecule has 0 spiro atoms. The van der Waals surface area contributed by atoms with Gasteiger partial charge < -0.3 is 4.74 Å². The molecule has 1 aromatic carbocycles. The smallest absolute Gasteiger partial charge is 0.327 e. The quantitative estimate of drug-likeness (QED) is 0.452. The molecule has 16 heavy (non-hydrogen) atoms. The zero-order valence-corrected chi connectivity index (χ0v) is 9.48. The molecule has 5 nitrogen and oxygen atoms in total. The van der Waals surface area contributed by atoms with E-state index in [-0.39, 0.29) is 13.2 Å². The van der Waals surface area contributed by atoms with Crippen LogP contribution in [0.2, 0.25) is 5.02 Å². The number of hydrogen-bond donors (Lipinski definition) is 0. The fourth-order valence-corrected chi connectivity index (χ4v) is 1.24. The lowest BCUT2D eigenvalue weighted by Crippen LogP contribution is -2.25. The van der Waals surface area contributed by atoms with Gasteiger partial charge in [-0.1, -0.05) is 11.6 Å². The highest BCUT2D eigenvalue weighted by Crippen LogP contribution is 2.18. The van der Waals surface area contributed by atoms with Crippen molar-refractivity contribution in [3.05, 3.63) is 34.2 Å². The van der Waals surface area contributed by atoms with Crippen molar-refractivity contribution in [1.82, 2.24) is 0 Å². The molecule has 0 bridgehead atoms. The number of nitroso groups, excluding NO2 is 1. The molecule has 0 saturated carbocycles. The summed E-state index contributed by atoms with van der Waals surface area (Å²) in [6, 6.07) is 6.42. The van der Waals surface area contributed by atoms with Crippen molar-refractivity contribution >= 4 is 23.3 Å². The first-order chi connectivity index (χ1) is 7.67. The number of hydrogen-bond acceptors (Lipinski definition) is 4. The number of nitrogens with zero attached hydrogens (tertiary/aromatic N) is 2. The van der Waals surface area contributed by atoms with Gasteiger partial charge in [0, 0.05) is 5.02 Å². The van der Waals surface area contributed by atoms with E-state index in [4.69, 9.17) is 16.3 Å². The second-order valence-corrected chi connectivity index (χ2v) is 3.36. The van der Waals surface area contributed by atoms with E-state index in [0.717, 1.165) is 5.01 Å². The van der Waals surface area contributed by atoms with Crippen molar-refractivity contribution < 1.29 is 9.53 Å². The molecule has 86 valence electrons. The van der Waals surface area contributed by atoms with Crippen LogP contribution in [0.25, 0.3) is 0 Å². The lowest BCUT2D eigenvalue weighted by atomic mass is 10.3. The van der Waals surface area contributed by atoms with Gasteiger partial charge >= 0.3 is 5.97 Å². The van der Waals surface area contributed by atoms with Crippen molar-refractivity contribution in [2.75, 3.05) is 18.2 Å². The number of carbonyl (C=O) groups is 1. The largest absolute Gasteiger partial charge is 0.465 e. The fraction of sp³-hybridized carbons (Fsp3) is 0.300. The highest BCUT2D eigenvalue weighted by Gasteiger charge is 2.12. The molecule has 1 aromatic rings. The summed E-state index contributed by atoms with van der Waals surface area (Å²) in [5, 5.41) is 4.30. The van der Waals surface area contributed by atoms with Gasteiger partial charge in [-0.2, -0.15) is 0 Å². The van der Waals surface area contributed by atoms with Gasteiger partial charge in [0.2, 0.25) is 0 Å². The van der Waals surface area contributed by atoms with Gasteiger partial charge in [-0.3, -0.25) is 4.79 Å². The molecular weight excluding hydrogens is 232 g/mol. The van der Waals surface area contributed by atoms with E-state index >= 15 is 0 Å². The molecular formula is C10H11ClN2O3. The lowest BCUT2D eigenvalue weighted by Gasteiger charge is -2.13. The predicted octanol–water partition coefficient (Wildman–Crippen LogP) is 2.39.